The van der Waals surface area contributed by atoms with Crippen molar-refractivity contribution in [1.82, 2.24) is 5.32 Å². The molecule has 1 N–H and O–H groups in total. The van der Waals surface area contributed by atoms with Crippen LogP contribution < -0.4 is 5.32 Å². The van der Waals surface area contributed by atoms with E-state index in [1.807, 2.05) is 0 Å². The Bertz CT molecular complexity index is 402. The summed E-state index contributed by atoms with van der Waals surface area (Å²) in [6.45, 7) is 1.64. The molecule has 1 saturated heterocycles. The number of ether oxygens (including phenoxy) is 1. The molecule has 1 aromatic carbocycles. The zero-order valence-corrected chi connectivity index (χ0v) is 9.61. The highest BCUT2D eigenvalue weighted by Gasteiger charge is 2.32. The summed E-state index contributed by atoms with van der Waals surface area (Å²) in [6.07, 6.45) is -4.78. The Kier molecular flexibility index (Phi) is 3.61. The van der Waals surface area contributed by atoms with E-state index in [0.29, 0.717) is 30.3 Å². The van der Waals surface area contributed by atoms with Crippen LogP contribution in [0.5, 0.6) is 0 Å². The number of alkyl halides is 3. The summed E-state index contributed by atoms with van der Waals surface area (Å²) in [6, 6.07) is 3.29. The smallest absolute Gasteiger partial charge is 0.371 e. The number of rotatable bonds is 1. The van der Waals surface area contributed by atoms with Crippen LogP contribution in [0.4, 0.5) is 13.2 Å². The van der Waals surface area contributed by atoms with Crippen molar-refractivity contribution in [3.05, 3.63) is 34.3 Å². The largest absolute Gasteiger partial charge is 0.416 e. The van der Waals surface area contributed by atoms with E-state index in [2.05, 4.69) is 5.32 Å². The average Bonchev–Trinajstić information content (AvgIpc) is 2.29. The highest BCUT2D eigenvalue weighted by atomic mass is 35.5. The lowest BCUT2D eigenvalue weighted by Gasteiger charge is -2.25. The van der Waals surface area contributed by atoms with E-state index in [0.717, 1.165) is 12.1 Å². The maximum atomic E-state index is 12.6. The van der Waals surface area contributed by atoms with Crippen LogP contribution in [0.15, 0.2) is 18.2 Å². The van der Waals surface area contributed by atoms with Crippen LogP contribution in [0.3, 0.4) is 0 Å². The summed E-state index contributed by atoms with van der Waals surface area (Å²) < 4.78 is 43.1. The Morgan fingerprint density at radius 1 is 1.35 bits per heavy atom. The number of hydrogen-bond acceptors (Lipinski definition) is 2. The molecule has 1 aromatic rings. The molecule has 94 valence electrons. The third kappa shape index (κ3) is 2.91. The van der Waals surface area contributed by atoms with Crippen molar-refractivity contribution in [2.45, 2.75) is 12.3 Å². The van der Waals surface area contributed by atoms with E-state index in [1.165, 1.54) is 6.07 Å². The molecule has 1 aliphatic heterocycles. The van der Waals surface area contributed by atoms with Gasteiger partial charge in [0, 0.05) is 23.7 Å². The van der Waals surface area contributed by atoms with Crippen molar-refractivity contribution in [2.24, 2.45) is 0 Å². The van der Waals surface area contributed by atoms with Crippen LogP contribution >= 0.6 is 11.6 Å². The summed E-state index contributed by atoms with van der Waals surface area (Å²) in [7, 11) is 0. The Hall–Kier alpha value is -0.780. The molecule has 1 fully saturated rings. The zero-order valence-electron chi connectivity index (χ0n) is 8.85. The quantitative estimate of drug-likeness (QED) is 0.843. The molecule has 2 nitrogen and oxygen atoms in total. The number of morpholine rings is 1. The summed E-state index contributed by atoms with van der Waals surface area (Å²) in [5.41, 5.74) is -0.320. The molecule has 1 heterocycles. The van der Waals surface area contributed by atoms with E-state index in [1.54, 1.807) is 0 Å². The molecule has 0 aromatic heterocycles. The molecule has 17 heavy (non-hydrogen) atoms. The maximum Gasteiger partial charge on any atom is 0.416 e. The first-order valence-electron chi connectivity index (χ1n) is 5.17. The molecule has 1 unspecified atom stereocenters. The highest BCUT2D eigenvalue weighted by Crippen LogP contribution is 2.34. The Labute approximate surface area is 102 Å². The molecule has 0 bridgehead atoms. The van der Waals surface area contributed by atoms with Crippen molar-refractivity contribution in [2.75, 3.05) is 19.7 Å². The summed E-state index contributed by atoms with van der Waals surface area (Å²) in [5.74, 6) is 0. The van der Waals surface area contributed by atoms with Crippen LogP contribution in [0.2, 0.25) is 5.02 Å². The SMILES string of the molecule is FC(F)(F)c1ccc(Cl)c(C2CNCCO2)c1. The first kappa shape index (κ1) is 12.7. The molecule has 0 radical (unpaired) electrons. The van der Waals surface area contributed by atoms with Crippen molar-refractivity contribution in [3.63, 3.8) is 0 Å². The van der Waals surface area contributed by atoms with Gasteiger partial charge in [0.1, 0.15) is 0 Å². The fourth-order valence-corrected chi connectivity index (χ4v) is 1.97. The molecular weight excluding hydrogens is 255 g/mol. The standard InChI is InChI=1S/C11H11ClF3NO/c12-9-2-1-7(11(13,14)15)5-8(9)10-6-16-3-4-17-10/h1-2,5,10,16H,3-4,6H2. The van der Waals surface area contributed by atoms with E-state index >= 15 is 0 Å². The second kappa shape index (κ2) is 4.84. The van der Waals surface area contributed by atoms with Crippen molar-refractivity contribution in [3.8, 4) is 0 Å². The minimum Gasteiger partial charge on any atom is -0.371 e. The van der Waals surface area contributed by atoms with Gasteiger partial charge in [-0.25, -0.2) is 0 Å². The fourth-order valence-electron chi connectivity index (χ4n) is 1.73. The minimum absolute atomic E-state index is 0.298. The van der Waals surface area contributed by atoms with Gasteiger partial charge >= 0.3 is 6.18 Å². The third-order valence-electron chi connectivity index (χ3n) is 2.60. The third-order valence-corrected chi connectivity index (χ3v) is 2.94. The zero-order chi connectivity index (χ0) is 12.5. The van der Waals surface area contributed by atoms with Gasteiger partial charge in [-0.05, 0) is 18.2 Å². The lowest BCUT2D eigenvalue weighted by molar-refractivity contribution is -0.137. The molecule has 0 amide bonds. The van der Waals surface area contributed by atoms with Crippen LogP contribution in [0.1, 0.15) is 17.2 Å². The van der Waals surface area contributed by atoms with Crippen molar-refractivity contribution >= 4 is 11.6 Å². The topological polar surface area (TPSA) is 21.3 Å². The van der Waals surface area contributed by atoms with E-state index in [9.17, 15) is 13.2 Å². The average molecular weight is 266 g/mol. The number of hydrogen-bond donors (Lipinski definition) is 1. The molecule has 2 rings (SSSR count). The van der Waals surface area contributed by atoms with Crippen LogP contribution in [0, 0.1) is 0 Å². The van der Waals surface area contributed by atoms with Crippen molar-refractivity contribution in [1.29, 1.82) is 0 Å². The van der Waals surface area contributed by atoms with Gasteiger partial charge < -0.3 is 10.1 Å². The Morgan fingerprint density at radius 3 is 2.71 bits per heavy atom. The molecule has 0 spiro atoms. The van der Waals surface area contributed by atoms with E-state index in [-0.39, 0.29) is 0 Å². The number of benzene rings is 1. The number of nitrogens with one attached hydrogen (secondary N) is 1. The lowest BCUT2D eigenvalue weighted by atomic mass is 10.0. The van der Waals surface area contributed by atoms with Crippen LogP contribution in [-0.2, 0) is 10.9 Å². The lowest BCUT2D eigenvalue weighted by Crippen LogP contribution is -2.33. The summed E-state index contributed by atoms with van der Waals surface area (Å²) in [5, 5.41) is 3.35. The fraction of sp³-hybridized carbons (Fsp3) is 0.455. The second-order valence-corrected chi connectivity index (χ2v) is 4.20. The first-order valence-corrected chi connectivity index (χ1v) is 5.55. The normalized spacial score (nSPS) is 21.5. The summed E-state index contributed by atoms with van der Waals surface area (Å²) >= 11 is 5.90. The summed E-state index contributed by atoms with van der Waals surface area (Å²) in [4.78, 5) is 0. The van der Waals surface area contributed by atoms with Crippen molar-refractivity contribution < 1.29 is 17.9 Å². The molecule has 1 aliphatic rings. The van der Waals surface area contributed by atoms with Gasteiger partial charge in [-0.1, -0.05) is 11.6 Å². The van der Waals surface area contributed by atoms with E-state index in [4.69, 9.17) is 16.3 Å². The van der Waals surface area contributed by atoms with Gasteiger partial charge in [0.2, 0.25) is 0 Å². The molecule has 0 saturated carbocycles. The molecular formula is C11H11ClF3NO. The predicted octanol–water partition coefficient (Wildman–Crippen LogP) is 3.02. The highest BCUT2D eigenvalue weighted by molar-refractivity contribution is 6.31. The second-order valence-electron chi connectivity index (χ2n) is 3.80. The Balaban J connectivity index is 2.31. The van der Waals surface area contributed by atoms with Gasteiger partial charge in [0.25, 0.3) is 0 Å². The van der Waals surface area contributed by atoms with Gasteiger partial charge in [-0.2, -0.15) is 13.2 Å². The molecule has 1 atom stereocenters. The van der Waals surface area contributed by atoms with E-state index < -0.39 is 17.8 Å². The predicted molar refractivity (Wildman–Crippen MR) is 58.0 cm³/mol. The molecule has 0 aliphatic carbocycles. The van der Waals surface area contributed by atoms with Gasteiger partial charge in [-0.15, -0.1) is 0 Å². The van der Waals surface area contributed by atoms with Gasteiger partial charge in [0.05, 0.1) is 18.3 Å². The number of halogens is 4. The first-order chi connectivity index (χ1) is 7.98. The maximum absolute atomic E-state index is 12.6. The monoisotopic (exact) mass is 265 g/mol. The minimum atomic E-state index is -4.36. The Morgan fingerprint density at radius 2 is 2.12 bits per heavy atom. The molecule has 6 heteroatoms. The van der Waals surface area contributed by atoms with Gasteiger partial charge in [-0.3, -0.25) is 0 Å². The van der Waals surface area contributed by atoms with Gasteiger partial charge in [0.15, 0.2) is 0 Å². The van der Waals surface area contributed by atoms with Crippen LogP contribution in [0.25, 0.3) is 0 Å². The van der Waals surface area contributed by atoms with Crippen LogP contribution in [-0.4, -0.2) is 19.7 Å².